The van der Waals surface area contributed by atoms with E-state index in [4.69, 9.17) is 14.2 Å². The van der Waals surface area contributed by atoms with Gasteiger partial charge in [0, 0.05) is 19.6 Å². The van der Waals surface area contributed by atoms with Gasteiger partial charge in [0.15, 0.2) is 11.5 Å². The normalized spacial score (nSPS) is 14.8. The van der Waals surface area contributed by atoms with Crippen LogP contribution in [0.2, 0.25) is 0 Å². The number of hydrogen-bond donors (Lipinski definition) is 1. The highest BCUT2D eigenvalue weighted by atomic mass is 16.5. The molecule has 2 aromatic carbocycles. The lowest BCUT2D eigenvalue weighted by Crippen LogP contribution is -2.37. The monoisotopic (exact) mass is 384 g/mol. The van der Waals surface area contributed by atoms with Crippen molar-refractivity contribution in [3.8, 4) is 11.5 Å². The van der Waals surface area contributed by atoms with Gasteiger partial charge in [0.2, 0.25) is 0 Å². The fourth-order valence-electron chi connectivity index (χ4n) is 3.35. The van der Waals surface area contributed by atoms with Crippen molar-refractivity contribution >= 4 is 0 Å². The molecule has 0 aromatic heterocycles. The SMILES string of the molecule is COc1cc(CNCCCN2CCOCC2)ccc1OCc1ccccc1C. The maximum absolute atomic E-state index is 6.00. The van der Waals surface area contributed by atoms with Crippen molar-refractivity contribution in [2.45, 2.75) is 26.5 Å². The van der Waals surface area contributed by atoms with E-state index in [2.05, 4.69) is 41.4 Å². The Morgan fingerprint density at radius 2 is 1.89 bits per heavy atom. The minimum Gasteiger partial charge on any atom is -0.493 e. The molecule has 152 valence electrons. The van der Waals surface area contributed by atoms with Crippen LogP contribution in [0.3, 0.4) is 0 Å². The van der Waals surface area contributed by atoms with Gasteiger partial charge >= 0.3 is 0 Å². The molecular weight excluding hydrogens is 352 g/mol. The molecule has 1 aliphatic heterocycles. The topological polar surface area (TPSA) is 43.0 Å². The Balaban J connectivity index is 1.44. The summed E-state index contributed by atoms with van der Waals surface area (Å²) in [6.45, 7) is 9.46. The van der Waals surface area contributed by atoms with Gasteiger partial charge in [-0.25, -0.2) is 0 Å². The van der Waals surface area contributed by atoms with Crippen molar-refractivity contribution < 1.29 is 14.2 Å². The molecule has 2 aromatic rings. The van der Waals surface area contributed by atoms with Gasteiger partial charge in [-0.3, -0.25) is 4.90 Å². The fourth-order valence-corrected chi connectivity index (χ4v) is 3.35. The molecule has 0 spiro atoms. The highest BCUT2D eigenvalue weighted by Gasteiger charge is 2.10. The summed E-state index contributed by atoms with van der Waals surface area (Å²) in [6.07, 6.45) is 1.15. The van der Waals surface area contributed by atoms with Gasteiger partial charge in [-0.1, -0.05) is 30.3 Å². The third kappa shape index (κ3) is 6.23. The molecule has 28 heavy (non-hydrogen) atoms. The molecule has 1 saturated heterocycles. The van der Waals surface area contributed by atoms with Crippen molar-refractivity contribution in [3.05, 3.63) is 59.2 Å². The summed E-state index contributed by atoms with van der Waals surface area (Å²) in [5.74, 6) is 1.56. The van der Waals surface area contributed by atoms with Crippen molar-refractivity contribution in [1.82, 2.24) is 10.2 Å². The standard InChI is InChI=1S/C23H32N2O3/c1-19-6-3-4-7-21(19)18-28-22-9-8-20(16-23(22)26-2)17-24-10-5-11-25-12-14-27-15-13-25/h3-4,6-9,16,24H,5,10-15,17-18H2,1-2H3. The molecule has 1 N–H and O–H groups in total. The van der Waals surface area contributed by atoms with Crippen LogP contribution < -0.4 is 14.8 Å². The van der Waals surface area contributed by atoms with E-state index in [1.807, 2.05) is 18.2 Å². The van der Waals surface area contributed by atoms with Crippen LogP contribution in [0.4, 0.5) is 0 Å². The van der Waals surface area contributed by atoms with Gasteiger partial charge in [-0.2, -0.15) is 0 Å². The predicted molar refractivity (Wildman–Crippen MR) is 112 cm³/mol. The Hall–Kier alpha value is -2.08. The summed E-state index contributed by atoms with van der Waals surface area (Å²) >= 11 is 0. The number of methoxy groups -OCH3 is 1. The summed E-state index contributed by atoms with van der Waals surface area (Å²) < 4.78 is 16.9. The van der Waals surface area contributed by atoms with E-state index in [0.717, 1.165) is 63.9 Å². The van der Waals surface area contributed by atoms with Crippen molar-refractivity contribution in [1.29, 1.82) is 0 Å². The third-order valence-electron chi connectivity index (χ3n) is 5.13. The van der Waals surface area contributed by atoms with E-state index in [1.165, 1.54) is 16.7 Å². The average molecular weight is 385 g/mol. The number of hydrogen-bond acceptors (Lipinski definition) is 5. The number of ether oxygens (including phenoxy) is 3. The second kappa shape index (κ2) is 11.1. The Morgan fingerprint density at radius 1 is 1.07 bits per heavy atom. The van der Waals surface area contributed by atoms with Crippen molar-refractivity contribution in [2.24, 2.45) is 0 Å². The summed E-state index contributed by atoms with van der Waals surface area (Å²) in [4.78, 5) is 2.47. The van der Waals surface area contributed by atoms with Crippen LogP contribution in [-0.2, 0) is 17.9 Å². The van der Waals surface area contributed by atoms with Gasteiger partial charge in [0.05, 0.1) is 20.3 Å². The number of morpholine rings is 1. The van der Waals surface area contributed by atoms with E-state index in [1.54, 1.807) is 7.11 Å². The molecule has 1 fully saturated rings. The number of nitrogens with one attached hydrogen (secondary N) is 1. The van der Waals surface area contributed by atoms with E-state index < -0.39 is 0 Å². The van der Waals surface area contributed by atoms with Crippen LogP contribution in [0.25, 0.3) is 0 Å². The Bertz CT molecular complexity index is 730. The Labute approximate surface area is 168 Å². The molecule has 0 amide bonds. The molecule has 0 unspecified atom stereocenters. The predicted octanol–water partition coefficient (Wildman–Crippen LogP) is 3.39. The molecule has 0 radical (unpaired) electrons. The molecule has 1 heterocycles. The minimum atomic E-state index is 0.544. The first-order valence-corrected chi connectivity index (χ1v) is 10.1. The first-order chi connectivity index (χ1) is 13.8. The van der Waals surface area contributed by atoms with Crippen LogP contribution in [0, 0.1) is 6.92 Å². The van der Waals surface area contributed by atoms with Crippen LogP contribution in [0.1, 0.15) is 23.1 Å². The highest BCUT2D eigenvalue weighted by Crippen LogP contribution is 2.29. The number of aryl methyl sites for hydroxylation is 1. The Morgan fingerprint density at radius 3 is 2.68 bits per heavy atom. The lowest BCUT2D eigenvalue weighted by molar-refractivity contribution is 0.0374. The fraction of sp³-hybridized carbons (Fsp3) is 0.478. The first-order valence-electron chi connectivity index (χ1n) is 10.1. The van der Waals surface area contributed by atoms with Gasteiger partial charge < -0.3 is 19.5 Å². The summed E-state index contributed by atoms with van der Waals surface area (Å²) in [7, 11) is 1.69. The molecule has 1 aliphatic rings. The zero-order valence-corrected chi connectivity index (χ0v) is 17.1. The molecule has 0 saturated carbocycles. The van der Waals surface area contributed by atoms with Gasteiger partial charge in [-0.15, -0.1) is 0 Å². The van der Waals surface area contributed by atoms with E-state index >= 15 is 0 Å². The Kier molecular flexibility index (Phi) is 8.15. The summed E-state index contributed by atoms with van der Waals surface area (Å²) in [6, 6.07) is 14.4. The van der Waals surface area contributed by atoms with Gasteiger partial charge in [0.1, 0.15) is 6.61 Å². The molecular formula is C23H32N2O3. The van der Waals surface area contributed by atoms with Crippen LogP contribution in [-0.4, -0.2) is 51.4 Å². The van der Waals surface area contributed by atoms with E-state index in [-0.39, 0.29) is 0 Å². The van der Waals surface area contributed by atoms with E-state index in [9.17, 15) is 0 Å². The zero-order chi connectivity index (χ0) is 19.6. The van der Waals surface area contributed by atoms with Gasteiger partial charge in [0.25, 0.3) is 0 Å². The van der Waals surface area contributed by atoms with Crippen LogP contribution >= 0.6 is 0 Å². The second-order valence-corrected chi connectivity index (χ2v) is 7.18. The van der Waals surface area contributed by atoms with Crippen LogP contribution in [0.5, 0.6) is 11.5 Å². The molecule has 3 rings (SSSR count). The first kappa shape index (κ1) is 20.6. The van der Waals surface area contributed by atoms with Crippen molar-refractivity contribution in [2.75, 3.05) is 46.5 Å². The smallest absolute Gasteiger partial charge is 0.161 e. The van der Waals surface area contributed by atoms with E-state index in [0.29, 0.717) is 6.61 Å². The maximum atomic E-state index is 6.00. The molecule has 0 aliphatic carbocycles. The second-order valence-electron chi connectivity index (χ2n) is 7.18. The van der Waals surface area contributed by atoms with Gasteiger partial charge in [-0.05, 0) is 55.3 Å². The van der Waals surface area contributed by atoms with Crippen molar-refractivity contribution in [3.63, 3.8) is 0 Å². The quantitative estimate of drug-likeness (QED) is 0.636. The van der Waals surface area contributed by atoms with Crippen LogP contribution in [0.15, 0.2) is 42.5 Å². The zero-order valence-electron chi connectivity index (χ0n) is 17.1. The summed E-state index contributed by atoms with van der Waals surface area (Å²) in [5.41, 5.74) is 3.63. The maximum Gasteiger partial charge on any atom is 0.161 e. The third-order valence-corrected chi connectivity index (χ3v) is 5.13. The number of benzene rings is 2. The highest BCUT2D eigenvalue weighted by molar-refractivity contribution is 5.43. The number of rotatable bonds is 10. The molecule has 5 nitrogen and oxygen atoms in total. The molecule has 5 heteroatoms. The lowest BCUT2D eigenvalue weighted by Gasteiger charge is -2.26. The molecule has 0 atom stereocenters. The largest absolute Gasteiger partial charge is 0.493 e. The molecule has 0 bridgehead atoms. The summed E-state index contributed by atoms with van der Waals surface area (Å²) in [5, 5.41) is 3.52. The lowest BCUT2D eigenvalue weighted by atomic mass is 10.1. The average Bonchev–Trinajstić information content (AvgIpc) is 2.74. The number of nitrogens with zero attached hydrogens (tertiary/aromatic N) is 1. The minimum absolute atomic E-state index is 0.544.